The third kappa shape index (κ3) is 2.99. The SMILES string of the molecule is O=C(c1ccccc1)C1C(c2ccc(Br)cc2)C2(C(=O)c3ccccc3C2=O)C2C=Cc3ccccc3N12. The zero-order valence-corrected chi connectivity index (χ0v) is 21.8. The molecule has 4 nitrogen and oxygen atoms in total. The Morgan fingerprint density at radius 1 is 0.737 bits per heavy atom. The van der Waals surface area contributed by atoms with Crippen LogP contribution in [0.2, 0.25) is 0 Å². The summed E-state index contributed by atoms with van der Waals surface area (Å²) >= 11 is 3.52. The number of nitrogens with zero attached hydrogens (tertiary/aromatic N) is 1. The highest BCUT2D eigenvalue weighted by Gasteiger charge is 2.71. The van der Waals surface area contributed by atoms with Crippen molar-refractivity contribution < 1.29 is 14.4 Å². The number of ketones is 3. The smallest absolute Gasteiger partial charge is 0.185 e. The van der Waals surface area contributed by atoms with E-state index in [1.807, 2.05) is 83.8 Å². The Morgan fingerprint density at radius 2 is 1.34 bits per heavy atom. The molecule has 184 valence electrons. The van der Waals surface area contributed by atoms with Gasteiger partial charge in [-0.1, -0.05) is 113 Å². The van der Waals surface area contributed by atoms with E-state index in [9.17, 15) is 14.4 Å². The van der Waals surface area contributed by atoms with Crippen molar-refractivity contribution in [3.8, 4) is 0 Å². The number of hydrogen-bond donors (Lipinski definition) is 0. The number of fused-ring (bicyclic) bond motifs is 5. The van der Waals surface area contributed by atoms with Gasteiger partial charge in [-0.2, -0.15) is 0 Å². The maximum Gasteiger partial charge on any atom is 0.185 e. The summed E-state index contributed by atoms with van der Waals surface area (Å²) in [5.74, 6) is -1.24. The van der Waals surface area contributed by atoms with E-state index in [2.05, 4.69) is 15.9 Å². The Labute approximate surface area is 228 Å². The van der Waals surface area contributed by atoms with E-state index >= 15 is 0 Å². The van der Waals surface area contributed by atoms with Gasteiger partial charge in [-0.15, -0.1) is 0 Å². The van der Waals surface area contributed by atoms with Crippen LogP contribution >= 0.6 is 15.9 Å². The van der Waals surface area contributed by atoms with Crippen LogP contribution in [0.3, 0.4) is 0 Å². The first kappa shape index (κ1) is 23.1. The summed E-state index contributed by atoms with van der Waals surface area (Å²) in [7, 11) is 0. The van der Waals surface area contributed by atoms with Crippen LogP contribution in [0.15, 0.2) is 114 Å². The second-order valence-electron chi connectivity index (χ2n) is 10.0. The third-order valence-corrected chi connectivity index (χ3v) is 8.80. The average Bonchev–Trinajstić information content (AvgIpc) is 3.40. The minimum Gasteiger partial charge on any atom is -0.352 e. The maximum atomic E-state index is 14.6. The zero-order chi connectivity index (χ0) is 26.0. The van der Waals surface area contributed by atoms with Gasteiger partial charge < -0.3 is 4.90 Å². The fraction of sp³-hybridized carbons (Fsp3) is 0.121. The second-order valence-corrected chi connectivity index (χ2v) is 11.0. The van der Waals surface area contributed by atoms with Gasteiger partial charge in [0.15, 0.2) is 17.3 Å². The van der Waals surface area contributed by atoms with Gasteiger partial charge in [0.1, 0.15) is 11.5 Å². The van der Waals surface area contributed by atoms with Crippen LogP contribution in [0, 0.1) is 5.41 Å². The fourth-order valence-corrected chi connectivity index (χ4v) is 7.00. The molecule has 3 unspecified atom stereocenters. The van der Waals surface area contributed by atoms with Crippen LogP contribution < -0.4 is 4.90 Å². The quantitative estimate of drug-likeness (QED) is 0.205. The van der Waals surface area contributed by atoms with Gasteiger partial charge in [0.25, 0.3) is 0 Å². The van der Waals surface area contributed by atoms with Crippen molar-refractivity contribution in [1.29, 1.82) is 0 Å². The van der Waals surface area contributed by atoms with Gasteiger partial charge in [-0.25, -0.2) is 0 Å². The molecular weight excluding hydrogens is 538 g/mol. The van der Waals surface area contributed by atoms with Crippen molar-refractivity contribution in [2.75, 3.05) is 4.90 Å². The largest absolute Gasteiger partial charge is 0.352 e. The van der Waals surface area contributed by atoms with E-state index in [0.29, 0.717) is 16.7 Å². The van der Waals surface area contributed by atoms with Gasteiger partial charge >= 0.3 is 0 Å². The predicted molar refractivity (Wildman–Crippen MR) is 151 cm³/mol. The Morgan fingerprint density at radius 3 is 2.03 bits per heavy atom. The molecule has 1 saturated heterocycles. The molecule has 5 heteroatoms. The van der Waals surface area contributed by atoms with Gasteiger partial charge in [0.05, 0.1) is 6.04 Å². The summed E-state index contributed by atoms with van der Waals surface area (Å²) in [6.07, 6.45) is 3.93. The number of benzene rings is 4. The monoisotopic (exact) mass is 559 g/mol. The summed E-state index contributed by atoms with van der Waals surface area (Å²) in [5.41, 5.74) is 2.53. The highest BCUT2D eigenvalue weighted by atomic mass is 79.9. The number of carbonyl (C=O) groups excluding carboxylic acids is 3. The summed E-state index contributed by atoms with van der Waals surface area (Å²) in [6, 6.07) is 30.4. The zero-order valence-electron chi connectivity index (χ0n) is 20.3. The minimum atomic E-state index is -1.48. The number of carbonyl (C=O) groups is 3. The molecule has 3 aliphatic rings. The third-order valence-electron chi connectivity index (χ3n) is 8.27. The van der Waals surface area contributed by atoms with E-state index in [4.69, 9.17) is 0 Å². The molecule has 1 fully saturated rings. The van der Waals surface area contributed by atoms with E-state index in [1.54, 1.807) is 36.4 Å². The number of hydrogen-bond acceptors (Lipinski definition) is 4. The number of halogens is 1. The Kier molecular flexibility index (Phi) is 5.14. The Balaban J connectivity index is 1.55. The summed E-state index contributed by atoms with van der Waals surface area (Å²) < 4.78 is 0.884. The van der Waals surface area contributed by atoms with E-state index in [-0.39, 0.29) is 17.3 Å². The van der Waals surface area contributed by atoms with Crippen molar-refractivity contribution in [3.05, 3.63) is 141 Å². The molecule has 7 rings (SSSR count). The van der Waals surface area contributed by atoms with Crippen molar-refractivity contribution in [1.82, 2.24) is 0 Å². The van der Waals surface area contributed by atoms with E-state index in [1.165, 1.54) is 0 Å². The van der Waals surface area contributed by atoms with Crippen molar-refractivity contribution in [2.24, 2.45) is 5.41 Å². The molecule has 2 heterocycles. The molecule has 4 aromatic carbocycles. The predicted octanol–water partition coefficient (Wildman–Crippen LogP) is 6.77. The van der Waals surface area contributed by atoms with Gasteiger partial charge in [-0.05, 0) is 29.3 Å². The van der Waals surface area contributed by atoms with Gasteiger partial charge in [0.2, 0.25) is 0 Å². The van der Waals surface area contributed by atoms with Crippen molar-refractivity contribution in [3.63, 3.8) is 0 Å². The fourth-order valence-electron chi connectivity index (χ4n) is 6.73. The maximum absolute atomic E-state index is 14.6. The second kappa shape index (κ2) is 8.47. The van der Waals surface area contributed by atoms with Crippen molar-refractivity contribution in [2.45, 2.75) is 18.0 Å². The van der Waals surface area contributed by atoms with Gasteiger partial charge in [0, 0.05) is 32.8 Å². The van der Waals surface area contributed by atoms with Crippen LogP contribution in [0.5, 0.6) is 0 Å². The molecule has 1 spiro atoms. The Bertz CT molecular complexity index is 1620. The minimum absolute atomic E-state index is 0.109. The molecule has 3 atom stereocenters. The molecular formula is C33H22BrNO3. The first-order chi connectivity index (χ1) is 18.5. The Hall–Kier alpha value is -4.09. The number of para-hydroxylation sites is 1. The van der Waals surface area contributed by atoms with Crippen LogP contribution in [-0.2, 0) is 0 Å². The highest BCUT2D eigenvalue weighted by molar-refractivity contribution is 9.10. The number of Topliss-reactive ketones (excluding diaryl/α,β-unsaturated/α-hetero) is 3. The first-order valence-electron chi connectivity index (χ1n) is 12.6. The van der Waals surface area contributed by atoms with E-state index in [0.717, 1.165) is 21.3 Å². The topological polar surface area (TPSA) is 54.5 Å². The molecule has 0 radical (unpaired) electrons. The summed E-state index contributed by atoms with van der Waals surface area (Å²) in [5, 5.41) is 0. The molecule has 2 aliphatic heterocycles. The molecule has 0 aromatic heterocycles. The van der Waals surface area contributed by atoms with Crippen LogP contribution in [-0.4, -0.2) is 29.4 Å². The lowest BCUT2D eigenvalue weighted by Crippen LogP contribution is -2.48. The lowest BCUT2D eigenvalue weighted by atomic mass is 9.64. The number of anilines is 1. The first-order valence-corrected chi connectivity index (χ1v) is 13.4. The standard InChI is InChI=1S/C33H22BrNO3/c34-23-17-14-21(15-18-23)28-29(30(36)22-9-2-1-3-10-22)35-26-13-7-4-8-20(26)16-19-27(35)33(28)31(37)24-11-5-6-12-25(24)32(33)38/h1-19,27-29H. The summed E-state index contributed by atoms with van der Waals surface area (Å²) in [4.78, 5) is 45.6. The molecule has 1 aliphatic carbocycles. The van der Waals surface area contributed by atoms with Crippen LogP contribution in [0.1, 0.15) is 48.1 Å². The van der Waals surface area contributed by atoms with Crippen LogP contribution in [0.25, 0.3) is 6.08 Å². The van der Waals surface area contributed by atoms with Crippen LogP contribution in [0.4, 0.5) is 5.69 Å². The lowest BCUT2D eigenvalue weighted by Gasteiger charge is -2.37. The summed E-state index contributed by atoms with van der Waals surface area (Å²) in [6.45, 7) is 0. The highest BCUT2D eigenvalue weighted by Crippen LogP contribution is 2.61. The van der Waals surface area contributed by atoms with E-state index < -0.39 is 23.4 Å². The molecule has 0 bridgehead atoms. The molecule has 38 heavy (non-hydrogen) atoms. The molecule has 0 N–H and O–H groups in total. The molecule has 4 aromatic rings. The lowest BCUT2D eigenvalue weighted by molar-refractivity contribution is 0.0666. The average molecular weight is 560 g/mol. The number of rotatable bonds is 3. The normalized spacial score (nSPS) is 22.3. The van der Waals surface area contributed by atoms with Crippen molar-refractivity contribution >= 4 is 45.0 Å². The molecule has 0 saturated carbocycles. The van der Waals surface area contributed by atoms with Gasteiger partial charge in [-0.3, -0.25) is 14.4 Å². The molecule has 0 amide bonds.